The van der Waals surface area contributed by atoms with E-state index in [0.29, 0.717) is 34.1 Å². The largest absolute Gasteiger partial charge is 0.496 e. The van der Waals surface area contributed by atoms with Gasteiger partial charge in [-0.15, -0.1) is 0 Å². The number of methoxy groups -OCH3 is 1. The quantitative estimate of drug-likeness (QED) is 0.630. The number of benzene rings is 2. The summed E-state index contributed by atoms with van der Waals surface area (Å²) < 4.78 is 5.37. The summed E-state index contributed by atoms with van der Waals surface area (Å²) in [5.74, 6) is 0.111. The molecular weight excluding hydrogens is 402 g/mol. The van der Waals surface area contributed by atoms with Gasteiger partial charge in [-0.2, -0.15) is 0 Å². The molecule has 154 valence electrons. The number of aryl methyl sites for hydroxylation is 1. The Balaban J connectivity index is 1.87. The average molecular weight is 424 g/mol. The Bertz CT molecular complexity index is 1070. The third kappa shape index (κ3) is 4.78. The highest BCUT2D eigenvalue weighted by Gasteiger charge is 2.20. The van der Waals surface area contributed by atoms with Crippen LogP contribution in [-0.4, -0.2) is 35.9 Å². The highest BCUT2D eigenvalue weighted by atomic mass is 35.5. The van der Waals surface area contributed by atoms with Gasteiger partial charge >= 0.3 is 0 Å². The fourth-order valence-electron chi connectivity index (χ4n) is 3.10. The summed E-state index contributed by atoms with van der Waals surface area (Å²) in [7, 11) is 3.27. The lowest BCUT2D eigenvalue weighted by molar-refractivity contribution is 0.0785. The Morgan fingerprint density at radius 1 is 1.13 bits per heavy atom. The van der Waals surface area contributed by atoms with Crippen molar-refractivity contribution in [3.63, 3.8) is 0 Å². The Morgan fingerprint density at radius 2 is 1.87 bits per heavy atom. The molecule has 0 spiro atoms. The molecule has 0 saturated heterocycles. The van der Waals surface area contributed by atoms with E-state index in [2.05, 4.69) is 10.3 Å². The molecule has 7 heteroatoms. The number of aromatic nitrogens is 1. The van der Waals surface area contributed by atoms with Crippen LogP contribution in [0.1, 0.15) is 31.8 Å². The molecule has 0 saturated carbocycles. The SMILES string of the molecule is COc1ccc(Cl)cc1CN(C)C(=O)c1cccc(C)c1NC(=O)c1ccncc1. The third-order valence-corrected chi connectivity index (χ3v) is 4.92. The minimum atomic E-state index is -0.306. The Kier molecular flexibility index (Phi) is 6.69. The molecule has 0 radical (unpaired) electrons. The smallest absolute Gasteiger partial charge is 0.256 e. The number of rotatable bonds is 6. The van der Waals surface area contributed by atoms with Crippen LogP contribution in [0.25, 0.3) is 0 Å². The Hall–Kier alpha value is -3.38. The molecule has 1 heterocycles. The standard InChI is InChI=1S/C23H22ClN3O3/c1-15-5-4-6-19(21(15)26-22(28)16-9-11-25-12-10-16)23(29)27(2)14-17-13-18(24)7-8-20(17)30-3/h4-13H,14H2,1-3H3,(H,26,28). The van der Waals surface area contributed by atoms with E-state index in [0.717, 1.165) is 11.1 Å². The molecule has 1 N–H and O–H groups in total. The van der Waals surface area contributed by atoms with Gasteiger partial charge in [0.1, 0.15) is 5.75 Å². The summed E-state index contributed by atoms with van der Waals surface area (Å²) in [5.41, 5.74) is 2.92. The van der Waals surface area contributed by atoms with Crippen molar-refractivity contribution in [1.82, 2.24) is 9.88 Å². The first-order valence-electron chi connectivity index (χ1n) is 9.29. The number of nitrogens with zero attached hydrogens (tertiary/aromatic N) is 2. The zero-order chi connectivity index (χ0) is 21.7. The first kappa shape index (κ1) is 21.3. The lowest BCUT2D eigenvalue weighted by Crippen LogP contribution is -2.28. The molecule has 0 atom stereocenters. The van der Waals surface area contributed by atoms with Crippen molar-refractivity contribution in [2.45, 2.75) is 13.5 Å². The average Bonchev–Trinajstić information content (AvgIpc) is 2.75. The summed E-state index contributed by atoms with van der Waals surface area (Å²) in [6.45, 7) is 2.15. The van der Waals surface area contributed by atoms with Crippen LogP contribution < -0.4 is 10.1 Å². The van der Waals surface area contributed by atoms with Crippen molar-refractivity contribution in [3.05, 3.63) is 88.2 Å². The van der Waals surface area contributed by atoms with Crippen LogP contribution >= 0.6 is 11.6 Å². The topological polar surface area (TPSA) is 71.5 Å². The predicted octanol–water partition coefficient (Wildman–Crippen LogP) is 4.58. The van der Waals surface area contributed by atoms with Crippen molar-refractivity contribution in [2.24, 2.45) is 0 Å². The number of ether oxygens (including phenoxy) is 1. The van der Waals surface area contributed by atoms with Gasteiger partial charge in [-0.3, -0.25) is 14.6 Å². The number of pyridine rings is 1. The predicted molar refractivity (Wildman–Crippen MR) is 117 cm³/mol. The first-order chi connectivity index (χ1) is 14.4. The van der Waals surface area contributed by atoms with Crippen LogP contribution in [0.4, 0.5) is 5.69 Å². The number of amides is 2. The lowest BCUT2D eigenvalue weighted by Gasteiger charge is -2.21. The monoisotopic (exact) mass is 423 g/mol. The molecule has 0 aliphatic carbocycles. The molecule has 0 bridgehead atoms. The second-order valence-corrected chi connectivity index (χ2v) is 7.24. The maximum Gasteiger partial charge on any atom is 0.256 e. The fourth-order valence-corrected chi connectivity index (χ4v) is 3.30. The van der Waals surface area contributed by atoms with Gasteiger partial charge in [0.15, 0.2) is 0 Å². The molecule has 3 rings (SSSR count). The number of nitrogens with one attached hydrogen (secondary N) is 1. The molecule has 3 aromatic rings. The Morgan fingerprint density at radius 3 is 2.57 bits per heavy atom. The number of anilines is 1. The molecule has 2 aromatic carbocycles. The molecule has 0 aliphatic rings. The summed E-state index contributed by atoms with van der Waals surface area (Å²) in [6, 6.07) is 13.8. The van der Waals surface area contributed by atoms with E-state index >= 15 is 0 Å². The van der Waals surface area contributed by atoms with E-state index in [4.69, 9.17) is 16.3 Å². The molecule has 2 amide bonds. The molecule has 30 heavy (non-hydrogen) atoms. The number of hydrogen-bond donors (Lipinski definition) is 1. The van der Waals surface area contributed by atoms with Gasteiger partial charge in [0.2, 0.25) is 0 Å². The van der Waals surface area contributed by atoms with Crippen LogP contribution in [0.2, 0.25) is 5.02 Å². The number of carbonyl (C=O) groups is 2. The maximum absolute atomic E-state index is 13.2. The van der Waals surface area contributed by atoms with Crippen molar-refractivity contribution < 1.29 is 14.3 Å². The molecule has 0 fully saturated rings. The Labute approximate surface area is 180 Å². The molecule has 1 aromatic heterocycles. The van der Waals surface area contributed by atoms with Crippen LogP contribution in [-0.2, 0) is 6.54 Å². The summed E-state index contributed by atoms with van der Waals surface area (Å²) in [4.78, 5) is 31.3. The minimum Gasteiger partial charge on any atom is -0.496 e. The highest BCUT2D eigenvalue weighted by molar-refractivity contribution is 6.30. The van der Waals surface area contributed by atoms with Crippen molar-refractivity contribution >= 4 is 29.1 Å². The van der Waals surface area contributed by atoms with E-state index in [-0.39, 0.29) is 11.8 Å². The maximum atomic E-state index is 13.2. The zero-order valence-corrected chi connectivity index (χ0v) is 17.7. The molecule has 0 unspecified atom stereocenters. The number of carbonyl (C=O) groups excluding carboxylic acids is 2. The van der Waals surface area contributed by atoms with E-state index in [1.807, 2.05) is 13.0 Å². The minimum absolute atomic E-state index is 0.231. The van der Waals surface area contributed by atoms with E-state index < -0.39 is 0 Å². The molecule has 0 aliphatic heterocycles. The summed E-state index contributed by atoms with van der Waals surface area (Å²) >= 11 is 6.10. The van der Waals surface area contributed by atoms with Gasteiger partial charge in [-0.1, -0.05) is 23.7 Å². The van der Waals surface area contributed by atoms with Crippen LogP contribution in [0, 0.1) is 6.92 Å². The first-order valence-corrected chi connectivity index (χ1v) is 9.67. The summed E-state index contributed by atoms with van der Waals surface area (Å²) in [5, 5.41) is 3.43. The van der Waals surface area contributed by atoms with Gasteiger partial charge in [0, 0.05) is 42.1 Å². The molecular formula is C23H22ClN3O3. The zero-order valence-electron chi connectivity index (χ0n) is 17.0. The van der Waals surface area contributed by atoms with Crippen LogP contribution in [0.15, 0.2) is 60.9 Å². The fraction of sp³-hybridized carbons (Fsp3) is 0.174. The van der Waals surface area contributed by atoms with Gasteiger partial charge < -0.3 is 15.0 Å². The number of para-hydroxylation sites is 1. The third-order valence-electron chi connectivity index (χ3n) is 4.68. The second-order valence-electron chi connectivity index (χ2n) is 6.80. The van der Waals surface area contributed by atoms with Crippen molar-refractivity contribution in [2.75, 3.05) is 19.5 Å². The van der Waals surface area contributed by atoms with E-state index in [9.17, 15) is 9.59 Å². The number of halogens is 1. The molecule has 6 nitrogen and oxygen atoms in total. The second kappa shape index (κ2) is 9.41. The van der Waals surface area contributed by atoms with Gasteiger partial charge in [0.25, 0.3) is 11.8 Å². The van der Waals surface area contributed by atoms with Crippen LogP contribution in [0.3, 0.4) is 0 Å². The van der Waals surface area contributed by atoms with Crippen molar-refractivity contribution in [1.29, 1.82) is 0 Å². The van der Waals surface area contributed by atoms with E-state index in [1.54, 1.807) is 73.9 Å². The van der Waals surface area contributed by atoms with Gasteiger partial charge in [-0.25, -0.2) is 0 Å². The lowest BCUT2D eigenvalue weighted by atomic mass is 10.1. The number of hydrogen-bond acceptors (Lipinski definition) is 4. The van der Waals surface area contributed by atoms with E-state index in [1.165, 1.54) is 0 Å². The van der Waals surface area contributed by atoms with Crippen LogP contribution in [0.5, 0.6) is 5.75 Å². The van der Waals surface area contributed by atoms with Gasteiger partial charge in [0.05, 0.1) is 18.4 Å². The normalized spacial score (nSPS) is 10.4. The van der Waals surface area contributed by atoms with Crippen molar-refractivity contribution in [3.8, 4) is 5.75 Å². The van der Waals surface area contributed by atoms with Gasteiger partial charge in [-0.05, 0) is 48.9 Å². The highest BCUT2D eigenvalue weighted by Crippen LogP contribution is 2.26. The summed E-state index contributed by atoms with van der Waals surface area (Å²) in [6.07, 6.45) is 3.09.